The van der Waals surface area contributed by atoms with Gasteiger partial charge in [0.25, 0.3) is 0 Å². The molecule has 1 aliphatic carbocycles. The second-order valence-electron chi connectivity index (χ2n) is 5.61. The van der Waals surface area contributed by atoms with Gasteiger partial charge in [0.1, 0.15) is 5.60 Å². The van der Waals surface area contributed by atoms with Crippen molar-refractivity contribution in [3.05, 3.63) is 35.9 Å². The lowest BCUT2D eigenvalue weighted by Crippen LogP contribution is -2.64. The first kappa shape index (κ1) is 11.7. The predicted molar refractivity (Wildman–Crippen MR) is 69.0 cm³/mol. The zero-order valence-electron chi connectivity index (χ0n) is 10.5. The molecule has 1 saturated heterocycles. The van der Waals surface area contributed by atoms with Gasteiger partial charge in [-0.25, -0.2) is 0 Å². The summed E-state index contributed by atoms with van der Waals surface area (Å²) < 4.78 is 0. The van der Waals surface area contributed by atoms with Gasteiger partial charge in [-0.15, -0.1) is 0 Å². The van der Waals surface area contributed by atoms with E-state index in [4.69, 9.17) is 0 Å². The monoisotopic (exact) mass is 245 g/mol. The summed E-state index contributed by atoms with van der Waals surface area (Å²) in [6, 6.07) is 10.1. The Morgan fingerprint density at radius 1 is 1.28 bits per heavy atom. The highest BCUT2D eigenvalue weighted by atomic mass is 16.3. The van der Waals surface area contributed by atoms with E-state index in [1.807, 2.05) is 30.3 Å². The zero-order valence-corrected chi connectivity index (χ0v) is 10.5. The highest BCUT2D eigenvalue weighted by Crippen LogP contribution is 2.44. The number of carbonyl (C=O) groups excluding carboxylic acids is 1. The molecule has 1 aromatic rings. The van der Waals surface area contributed by atoms with E-state index in [0.717, 1.165) is 19.3 Å². The summed E-state index contributed by atoms with van der Waals surface area (Å²) in [5.41, 5.74) is 0.645. The van der Waals surface area contributed by atoms with E-state index in [1.54, 1.807) is 4.90 Å². The molecule has 3 nitrogen and oxygen atoms in total. The maximum atomic E-state index is 11.9. The van der Waals surface area contributed by atoms with Gasteiger partial charge in [0.05, 0.1) is 13.1 Å². The Hall–Kier alpha value is -1.35. The van der Waals surface area contributed by atoms with Crippen LogP contribution in [0.5, 0.6) is 0 Å². The molecule has 1 amide bonds. The van der Waals surface area contributed by atoms with Gasteiger partial charge in [-0.2, -0.15) is 0 Å². The number of carbonyl (C=O) groups is 1. The number of likely N-dealkylation sites (tertiary alicyclic amines) is 1. The lowest BCUT2D eigenvalue weighted by atomic mass is 9.88. The Morgan fingerprint density at radius 3 is 2.56 bits per heavy atom. The van der Waals surface area contributed by atoms with Crippen LogP contribution in [0.1, 0.15) is 24.8 Å². The molecule has 2 aliphatic rings. The number of aliphatic hydroxyl groups is 1. The van der Waals surface area contributed by atoms with Gasteiger partial charge < -0.3 is 10.0 Å². The van der Waals surface area contributed by atoms with Crippen LogP contribution in [0.2, 0.25) is 0 Å². The Kier molecular flexibility index (Phi) is 2.86. The molecule has 18 heavy (non-hydrogen) atoms. The lowest BCUT2D eigenvalue weighted by Gasteiger charge is -2.47. The van der Waals surface area contributed by atoms with E-state index in [-0.39, 0.29) is 5.91 Å². The third-order valence-electron chi connectivity index (χ3n) is 4.09. The summed E-state index contributed by atoms with van der Waals surface area (Å²) in [5, 5.41) is 10.2. The second kappa shape index (κ2) is 4.39. The SMILES string of the molecule is O=C(CCc1ccccc1)N1CC(O)(C2CC2)C1. The molecule has 1 saturated carbocycles. The quantitative estimate of drug-likeness (QED) is 0.875. The highest BCUT2D eigenvalue weighted by Gasteiger charge is 2.52. The molecule has 0 spiro atoms. The van der Waals surface area contributed by atoms with Crippen molar-refractivity contribution < 1.29 is 9.90 Å². The van der Waals surface area contributed by atoms with Gasteiger partial charge >= 0.3 is 0 Å². The van der Waals surface area contributed by atoms with Crippen LogP contribution >= 0.6 is 0 Å². The summed E-state index contributed by atoms with van der Waals surface area (Å²) in [6.07, 6.45) is 3.59. The predicted octanol–water partition coefficient (Wildman–Crippen LogP) is 1.60. The number of β-amino-alcohol motifs (C(OH)–C–C–N with tert-alkyl or cyclic N) is 1. The Labute approximate surface area is 107 Å². The Morgan fingerprint density at radius 2 is 1.94 bits per heavy atom. The molecule has 3 rings (SSSR count). The minimum absolute atomic E-state index is 0.171. The van der Waals surface area contributed by atoms with Crippen molar-refractivity contribution in [2.75, 3.05) is 13.1 Å². The fourth-order valence-electron chi connectivity index (χ4n) is 2.72. The summed E-state index contributed by atoms with van der Waals surface area (Å²) in [5.74, 6) is 0.625. The van der Waals surface area contributed by atoms with E-state index in [9.17, 15) is 9.90 Å². The van der Waals surface area contributed by atoms with Crippen molar-refractivity contribution >= 4 is 5.91 Å². The number of rotatable bonds is 4. The molecule has 0 bridgehead atoms. The maximum absolute atomic E-state index is 11.9. The second-order valence-corrected chi connectivity index (χ2v) is 5.61. The molecule has 1 aliphatic heterocycles. The zero-order chi connectivity index (χ0) is 12.6. The van der Waals surface area contributed by atoms with Crippen LogP contribution in [0.4, 0.5) is 0 Å². The molecule has 0 radical (unpaired) electrons. The van der Waals surface area contributed by atoms with Crippen LogP contribution in [-0.2, 0) is 11.2 Å². The van der Waals surface area contributed by atoms with Crippen molar-refractivity contribution in [1.29, 1.82) is 0 Å². The number of aryl methyl sites for hydroxylation is 1. The number of hydrogen-bond acceptors (Lipinski definition) is 2. The number of nitrogens with zero attached hydrogens (tertiary/aromatic N) is 1. The first-order valence-corrected chi connectivity index (χ1v) is 6.71. The summed E-state index contributed by atoms with van der Waals surface area (Å²) in [4.78, 5) is 13.7. The molecule has 1 heterocycles. The van der Waals surface area contributed by atoms with Crippen LogP contribution in [-0.4, -0.2) is 34.6 Å². The van der Waals surface area contributed by atoms with Crippen LogP contribution < -0.4 is 0 Å². The van der Waals surface area contributed by atoms with Crippen LogP contribution in [0.15, 0.2) is 30.3 Å². The fourth-order valence-corrected chi connectivity index (χ4v) is 2.72. The first-order chi connectivity index (χ1) is 8.67. The molecule has 0 atom stereocenters. The number of hydrogen-bond donors (Lipinski definition) is 1. The summed E-state index contributed by atoms with van der Waals surface area (Å²) in [6.45, 7) is 1.09. The van der Waals surface area contributed by atoms with Gasteiger partial charge in [-0.3, -0.25) is 4.79 Å². The Bertz CT molecular complexity index is 433. The van der Waals surface area contributed by atoms with E-state index in [0.29, 0.717) is 25.4 Å². The van der Waals surface area contributed by atoms with Crippen molar-refractivity contribution in [2.24, 2.45) is 5.92 Å². The molecular formula is C15H19NO2. The lowest BCUT2D eigenvalue weighted by molar-refractivity contribution is -0.159. The molecule has 0 unspecified atom stereocenters. The van der Waals surface area contributed by atoms with Crippen LogP contribution in [0.3, 0.4) is 0 Å². The van der Waals surface area contributed by atoms with Crippen molar-refractivity contribution in [3.63, 3.8) is 0 Å². The smallest absolute Gasteiger partial charge is 0.223 e. The first-order valence-electron chi connectivity index (χ1n) is 6.71. The van der Waals surface area contributed by atoms with Crippen LogP contribution in [0.25, 0.3) is 0 Å². The van der Waals surface area contributed by atoms with Gasteiger partial charge in [-0.05, 0) is 30.7 Å². The average Bonchev–Trinajstić information content (AvgIpc) is 3.18. The summed E-state index contributed by atoms with van der Waals surface area (Å²) in [7, 11) is 0. The average molecular weight is 245 g/mol. The van der Waals surface area contributed by atoms with E-state index in [2.05, 4.69) is 0 Å². The molecule has 1 N–H and O–H groups in total. The minimum Gasteiger partial charge on any atom is -0.386 e. The number of benzene rings is 1. The van der Waals surface area contributed by atoms with Gasteiger partial charge in [0.15, 0.2) is 0 Å². The molecular weight excluding hydrogens is 226 g/mol. The third kappa shape index (κ3) is 2.27. The summed E-state index contributed by atoms with van der Waals surface area (Å²) >= 11 is 0. The highest BCUT2D eigenvalue weighted by molar-refractivity contribution is 5.77. The van der Waals surface area contributed by atoms with Crippen molar-refractivity contribution in [1.82, 2.24) is 4.90 Å². The normalized spacial score (nSPS) is 21.5. The fraction of sp³-hybridized carbons (Fsp3) is 0.533. The molecule has 0 aromatic heterocycles. The van der Waals surface area contributed by atoms with E-state index >= 15 is 0 Å². The largest absolute Gasteiger partial charge is 0.386 e. The van der Waals surface area contributed by atoms with Gasteiger partial charge in [0.2, 0.25) is 5.91 Å². The standard InChI is InChI=1S/C15H19NO2/c17-14(9-6-12-4-2-1-3-5-12)16-10-15(18,11-16)13-7-8-13/h1-5,13,18H,6-11H2. The minimum atomic E-state index is -0.553. The molecule has 2 fully saturated rings. The maximum Gasteiger partial charge on any atom is 0.223 e. The van der Waals surface area contributed by atoms with Crippen molar-refractivity contribution in [3.8, 4) is 0 Å². The molecule has 3 heteroatoms. The van der Waals surface area contributed by atoms with Gasteiger partial charge in [-0.1, -0.05) is 30.3 Å². The van der Waals surface area contributed by atoms with Crippen LogP contribution in [0, 0.1) is 5.92 Å². The number of amides is 1. The van der Waals surface area contributed by atoms with E-state index in [1.165, 1.54) is 5.56 Å². The topological polar surface area (TPSA) is 40.5 Å². The van der Waals surface area contributed by atoms with Gasteiger partial charge in [0, 0.05) is 6.42 Å². The van der Waals surface area contributed by atoms with E-state index < -0.39 is 5.60 Å². The third-order valence-corrected chi connectivity index (χ3v) is 4.09. The Balaban J connectivity index is 1.46. The molecule has 1 aromatic carbocycles. The van der Waals surface area contributed by atoms with Crippen molar-refractivity contribution in [2.45, 2.75) is 31.3 Å². The molecule has 96 valence electrons.